The molecule has 0 bridgehead atoms. The van der Waals surface area contributed by atoms with E-state index in [1.165, 1.54) is 5.56 Å². The first-order valence-electron chi connectivity index (χ1n) is 9.62. The Balaban J connectivity index is 1.27. The van der Waals surface area contributed by atoms with E-state index >= 15 is 0 Å². The first-order chi connectivity index (χ1) is 13.8. The SMILES string of the molecule is O=C(N[C@H]1COc2ccccc2C1)c1cn2c(n1)CNC(c1ccccc1)C2. The van der Waals surface area contributed by atoms with E-state index < -0.39 is 0 Å². The molecule has 0 radical (unpaired) electrons. The second-order valence-corrected chi connectivity index (χ2v) is 7.33. The molecule has 2 N–H and O–H groups in total. The zero-order chi connectivity index (χ0) is 18.9. The molecule has 5 rings (SSSR count). The van der Waals surface area contributed by atoms with E-state index in [-0.39, 0.29) is 18.0 Å². The monoisotopic (exact) mass is 374 g/mol. The Labute approximate surface area is 163 Å². The van der Waals surface area contributed by atoms with Gasteiger partial charge in [-0.15, -0.1) is 0 Å². The van der Waals surface area contributed by atoms with E-state index in [4.69, 9.17) is 4.74 Å². The van der Waals surface area contributed by atoms with Crippen molar-refractivity contribution >= 4 is 5.91 Å². The maximum Gasteiger partial charge on any atom is 0.271 e. The van der Waals surface area contributed by atoms with Crippen molar-refractivity contribution in [2.45, 2.75) is 31.6 Å². The molecule has 142 valence electrons. The topological polar surface area (TPSA) is 68.2 Å². The number of benzene rings is 2. The summed E-state index contributed by atoms with van der Waals surface area (Å²) in [5, 5.41) is 6.57. The fourth-order valence-corrected chi connectivity index (χ4v) is 3.93. The second kappa shape index (κ2) is 7.13. The highest BCUT2D eigenvalue weighted by atomic mass is 16.5. The average Bonchev–Trinajstić information content (AvgIpc) is 3.18. The van der Waals surface area contributed by atoms with Crippen molar-refractivity contribution in [3.8, 4) is 5.75 Å². The minimum atomic E-state index is -0.147. The summed E-state index contributed by atoms with van der Waals surface area (Å²) in [7, 11) is 0. The second-order valence-electron chi connectivity index (χ2n) is 7.33. The number of aromatic nitrogens is 2. The number of nitrogens with one attached hydrogen (secondary N) is 2. The number of carbonyl (C=O) groups excluding carboxylic acids is 1. The first-order valence-corrected chi connectivity index (χ1v) is 9.62. The Hall–Kier alpha value is -3.12. The summed E-state index contributed by atoms with van der Waals surface area (Å²) in [6.45, 7) is 1.89. The van der Waals surface area contributed by atoms with Gasteiger partial charge in [0, 0.05) is 12.7 Å². The summed E-state index contributed by atoms with van der Waals surface area (Å²) in [6.07, 6.45) is 2.63. The number of hydrogen-bond donors (Lipinski definition) is 2. The number of rotatable bonds is 3. The number of ether oxygens (including phenoxy) is 1. The van der Waals surface area contributed by atoms with Gasteiger partial charge in [-0.3, -0.25) is 4.79 Å². The lowest BCUT2D eigenvalue weighted by Gasteiger charge is -2.25. The molecule has 1 amide bonds. The quantitative estimate of drug-likeness (QED) is 0.739. The van der Waals surface area contributed by atoms with Gasteiger partial charge < -0.3 is 19.9 Å². The van der Waals surface area contributed by atoms with Crippen molar-refractivity contribution in [1.82, 2.24) is 20.2 Å². The van der Waals surface area contributed by atoms with Gasteiger partial charge in [0.25, 0.3) is 5.91 Å². The van der Waals surface area contributed by atoms with Crippen LogP contribution in [0.2, 0.25) is 0 Å². The highest BCUT2D eigenvalue weighted by Crippen LogP contribution is 2.24. The van der Waals surface area contributed by atoms with E-state index in [1.54, 1.807) is 0 Å². The smallest absolute Gasteiger partial charge is 0.271 e. The Bertz CT molecular complexity index is 999. The predicted octanol–water partition coefficient (Wildman–Crippen LogP) is 2.46. The number of para-hydroxylation sites is 1. The van der Waals surface area contributed by atoms with Gasteiger partial charge in [0.15, 0.2) is 0 Å². The highest BCUT2D eigenvalue weighted by molar-refractivity contribution is 5.92. The van der Waals surface area contributed by atoms with Gasteiger partial charge in [0.05, 0.1) is 18.6 Å². The van der Waals surface area contributed by atoms with Crippen LogP contribution in [-0.4, -0.2) is 28.1 Å². The molecule has 1 unspecified atom stereocenters. The Morgan fingerprint density at radius 2 is 1.96 bits per heavy atom. The van der Waals surface area contributed by atoms with Crippen LogP contribution in [0.25, 0.3) is 0 Å². The molecule has 0 aliphatic carbocycles. The standard InChI is InChI=1S/C22H22N4O2/c27-22(24-17-10-16-8-4-5-9-20(16)28-14-17)19-13-26-12-18(23-11-21(26)25-19)15-6-2-1-3-7-15/h1-9,13,17-18,23H,10-12,14H2,(H,24,27)/t17-,18?/m1/s1. The molecule has 6 nitrogen and oxygen atoms in total. The molecule has 0 spiro atoms. The van der Waals surface area contributed by atoms with Gasteiger partial charge >= 0.3 is 0 Å². The summed E-state index contributed by atoms with van der Waals surface area (Å²) in [5.41, 5.74) is 2.83. The molecule has 2 aliphatic rings. The summed E-state index contributed by atoms with van der Waals surface area (Å²) >= 11 is 0. The van der Waals surface area contributed by atoms with Crippen molar-refractivity contribution in [1.29, 1.82) is 0 Å². The van der Waals surface area contributed by atoms with E-state index in [1.807, 2.05) is 48.7 Å². The van der Waals surface area contributed by atoms with Crippen LogP contribution in [0, 0.1) is 0 Å². The third-order valence-corrected chi connectivity index (χ3v) is 5.39. The summed E-state index contributed by atoms with van der Waals surface area (Å²) < 4.78 is 7.85. The van der Waals surface area contributed by atoms with Crippen molar-refractivity contribution < 1.29 is 9.53 Å². The van der Waals surface area contributed by atoms with Crippen molar-refractivity contribution in [3.05, 3.63) is 83.4 Å². The average molecular weight is 374 g/mol. The molecule has 2 aliphatic heterocycles. The first kappa shape index (κ1) is 17.0. The summed E-state index contributed by atoms with van der Waals surface area (Å²) in [5.74, 6) is 1.65. The van der Waals surface area contributed by atoms with E-state index in [2.05, 4.69) is 32.3 Å². The van der Waals surface area contributed by atoms with Gasteiger partial charge in [0.1, 0.15) is 23.9 Å². The molecular weight excluding hydrogens is 352 g/mol. The van der Waals surface area contributed by atoms with Crippen LogP contribution in [0.1, 0.15) is 33.5 Å². The summed E-state index contributed by atoms with van der Waals surface area (Å²) in [6, 6.07) is 18.5. The third kappa shape index (κ3) is 3.27. The van der Waals surface area contributed by atoms with Gasteiger partial charge in [-0.1, -0.05) is 48.5 Å². The molecule has 3 aromatic rings. The Kier molecular flexibility index (Phi) is 4.33. The molecular formula is C22H22N4O2. The molecule has 0 fully saturated rings. The van der Waals surface area contributed by atoms with Crippen molar-refractivity contribution in [2.24, 2.45) is 0 Å². The van der Waals surface area contributed by atoms with Crippen LogP contribution in [0.4, 0.5) is 0 Å². The molecule has 6 heteroatoms. The van der Waals surface area contributed by atoms with E-state index in [0.29, 0.717) is 18.8 Å². The van der Waals surface area contributed by atoms with E-state index in [0.717, 1.165) is 30.1 Å². The number of hydrogen-bond acceptors (Lipinski definition) is 4. The van der Waals surface area contributed by atoms with Crippen molar-refractivity contribution in [2.75, 3.05) is 6.61 Å². The van der Waals surface area contributed by atoms with Crippen molar-refractivity contribution in [3.63, 3.8) is 0 Å². The number of fused-ring (bicyclic) bond motifs is 2. The molecule has 1 aromatic heterocycles. The molecule has 2 atom stereocenters. The van der Waals surface area contributed by atoms with Gasteiger partial charge in [-0.2, -0.15) is 0 Å². The van der Waals surface area contributed by atoms with Crippen LogP contribution in [0.5, 0.6) is 5.75 Å². The fraction of sp³-hybridized carbons (Fsp3) is 0.273. The number of imidazole rings is 1. The van der Waals surface area contributed by atoms with Crippen LogP contribution < -0.4 is 15.4 Å². The van der Waals surface area contributed by atoms with Crippen LogP contribution in [0.15, 0.2) is 60.8 Å². The van der Waals surface area contributed by atoms with E-state index in [9.17, 15) is 4.79 Å². The van der Waals surface area contributed by atoms with Gasteiger partial charge in [-0.25, -0.2) is 4.98 Å². The van der Waals surface area contributed by atoms with Crippen LogP contribution in [0.3, 0.4) is 0 Å². The fourth-order valence-electron chi connectivity index (χ4n) is 3.93. The molecule has 0 saturated heterocycles. The lowest BCUT2D eigenvalue weighted by Crippen LogP contribution is -2.42. The third-order valence-electron chi connectivity index (χ3n) is 5.39. The molecule has 28 heavy (non-hydrogen) atoms. The largest absolute Gasteiger partial charge is 0.491 e. The van der Waals surface area contributed by atoms with Gasteiger partial charge in [0.2, 0.25) is 0 Å². The molecule has 2 aromatic carbocycles. The number of nitrogens with zero attached hydrogens (tertiary/aromatic N) is 2. The minimum absolute atomic E-state index is 0.0451. The molecule has 0 saturated carbocycles. The number of amides is 1. The zero-order valence-electron chi connectivity index (χ0n) is 15.5. The Morgan fingerprint density at radius 3 is 2.86 bits per heavy atom. The predicted molar refractivity (Wildman–Crippen MR) is 105 cm³/mol. The maximum atomic E-state index is 12.7. The number of carbonyl (C=O) groups is 1. The van der Waals surface area contributed by atoms with Gasteiger partial charge in [-0.05, 0) is 23.6 Å². The van der Waals surface area contributed by atoms with Crippen LogP contribution in [-0.2, 0) is 19.5 Å². The zero-order valence-corrected chi connectivity index (χ0v) is 15.5. The highest BCUT2D eigenvalue weighted by Gasteiger charge is 2.25. The minimum Gasteiger partial charge on any atom is -0.491 e. The lowest BCUT2D eigenvalue weighted by atomic mass is 10.0. The maximum absolute atomic E-state index is 12.7. The summed E-state index contributed by atoms with van der Waals surface area (Å²) in [4.78, 5) is 17.3. The lowest BCUT2D eigenvalue weighted by molar-refractivity contribution is 0.0910. The normalized spacial score (nSPS) is 20.6. The molecule has 3 heterocycles. The van der Waals surface area contributed by atoms with Crippen LogP contribution >= 0.6 is 0 Å². The Morgan fingerprint density at radius 1 is 1.14 bits per heavy atom.